The molecule has 3 aromatic rings. The Labute approximate surface area is 169 Å². The predicted molar refractivity (Wildman–Crippen MR) is 113 cm³/mol. The molecule has 6 heteroatoms. The summed E-state index contributed by atoms with van der Waals surface area (Å²) in [5.74, 6) is 0.695. The summed E-state index contributed by atoms with van der Waals surface area (Å²) in [7, 11) is 0. The van der Waals surface area contributed by atoms with Crippen molar-refractivity contribution in [2.45, 2.75) is 39.0 Å². The normalized spacial score (nSPS) is 11.2. The fourth-order valence-corrected chi connectivity index (χ4v) is 3.40. The first-order valence-corrected chi connectivity index (χ1v) is 10.2. The number of ether oxygens (including phenoxy) is 1. The summed E-state index contributed by atoms with van der Waals surface area (Å²) in [4.78, 5) is 12.4. The zero-order chi connectivity index (χ0) is 20.0. The van der Waals surface area contributed by atoms with Gasteiger partial charge in [-0.05, 0) is 41.7 Å². The first-order valence-electron chi connectivity index (χ1n) is 9.34. The van der Waals surface area contributed by atoms with Gasteiger partial charge in [-0.3, -0.25) is 10.1 Å². The molecule has 0 saturated heterocycles. The van der Waals surface area contributed by atoms with Crippen LogP contribution in [0.4, 0.5) is 5.13 Å². The van der Waals surface area contributed by atoms with E-state index in [0.717, 1.165) is 23.6 Å². The maximum Gasteiger partial charge on any atom is 0.257 e. The summed E-state index contributed by atoms with van der Waals surface area (Å²) in [6.07, 6.45) is 1.60. The van der Waals surface area contributed by atoms with Crippen LogP contribution < -0.4 is 10.1 Å². The Kier molecular flexibility index (Phi) is 6.41. The maximum atomic E-state index is 12.4. The van der Waals surface area contributed by atoms with Crippen LogP contribution in [-0.2, 0) is 11.8 Å². The van der Waals surface area contributed by atoms with Crippen molar-refractivity contribution in [2.75, 3.05) is 11.9 Å². The van der Waals surface area contributed by atoms with E-state index in [1.165, 1.54) is 16.9 Å². The van der Waals surface area contributed by atoms with Gasteiger partial charge in [0.25, 0.3) is 5.91 Å². The van der Waals surface area contributed by atoms with Gasteiger partial charge in [0.1, 0.15) is 10.8 Å². The van der Waals surface area contributed by atoms with E-state index in [4.69, 9.17) is 4.74 Å². The molecular formula is C22H25N3O2S. The van der Waals surface area contributed by atoms with E-state index < -0.39 is 0 Å². The number of rotatable bonds is 7. The largest absolute Gasteiger partial charge is 0.494 e. The molecule has 1 N–H and O–H groups in total. The van der Waals surface area contributed by atoms with Gasteiger partial charge < -0.3 is 4.74 Å². The van der Waals surface area contributed by atoms with Crippen LogP contribution in [0.15, 0.2) is 54.6 Å². The first-order chi connectivity index (χ1) is 13.4. The average molecular weight is 396 g/mol. The first kappa shape index (κ1) is 20.0. The molecule has 3 rings (SSSR count). The molecule has 0 saturated carbocycles. The van der Waals surface area contributed by atoms with Crippen LogP contribution in [0.5, 0.6) is 5.75 Å². The lowest BCUT2D eigenvalue weighted by atomic mass is 9.87. The van der Waals surface area contributed by atoms with Gasteiger partial charge in [0, 0.05) is 12.0 Å². The van der Waals surface area contributed by atoms with E-state index in [2.05, 4.69) is 36.3 Å². The van der Waals surface area contributed by atoms with Gasteiger partial charge in [-0.1, -0.05) is 62.4 Å². The number of nitrogens with zero attached hydrogens (tertiary/aromatic N) is 2. The van der Waals surface area contributed by atoms with Gasteiger partial charge in [0.15, 0.2) is 0 Å². The lowest BCUT2D eigenvalue weighted by Gasteiger charge is -2.18. The smallest absolute Gasteiger partial charge is 0.257 e. The summed E-state index contributed by atoms with van der Waals surface area (Å²) in [5.41, 5.74) is 1.87. The number of aryl methyl sites for hydroxylation is 1. The quantitative estimate of drug-likeness (QED) is 0.565. The molecule has 0 aliphatic heterocycles. The number of hydrogen-bond donors (Lipinski definition) is 1. The number of anilines is 1. The molecule has 1 heterocycles. The highest BCUT2D eigenvalue weighted by Gasteiger charge is 2.15. The van der Waals surface area contributed by atoms with Crippen LogP contribution in [0.1, 0.15) is 48.1 Å². The third-order valence-corrected chi connectivity index (χ3v) is 5.15. The molecule has 1 amide bonds. The lowest BCUT2D eigenvalue weighted by Crippen LogP contribution is -2.14. The molecule has 1 aromatic heterocycles. The number of carbonyl (C=O) groups excluding carboxylic acids is 1. The van der Waals surface area contributed by atoms with E-state index in [-0.39, 0.29) is 11.3 Å². The molecule has 0 fully saturated rings. The molecule has 0 bridgehead atoms. The Bertz CT molecular complexity index is 900. The number of carbonyl (C=O) groups is 1. The number of nitrogens with one attached hydrogen (secondary N) is 1. The molecule has 146 valence electrons. The molecular weight excluding hydrogens is 370 g/mol. The van der Waals surface area contributed by atoms with Crippen molar-refractivity contribution in [3.05, 3.63) is 70.7 Å². The molecule has 0 atom stereocenters. The Morgan fingerprint density at radius 1 is 1.04 bits per heavy atom. The third-order valence-electron chi connectivity index (χ3n) is 4.25. The van der Waals surface area contributed by atoms with Crippen molar-refractivity contribution in [3.8, 4) is 5.75 Å². The second-order valence-electron chi connectivity index (χ2n) is 7.55. The Morgan fingerprint density at radius 2 is 1.75 bits per heavy atom. The van der Waals surface area contributed by atoms with Crippen LogP contribution in [0.2, 0.25) is 0 Å². The summed E-state index contributed by atoms with van der Waals surface area (Å²) in [6, 6.07) is 17.4. The number of amides is 1. The third kappa shape index (κ3) is 5.63. The molecule has 0 aliphatic carbocycles. The zero-order valence-electron chi connectivity index (χ0n) is 16.4. The van der Waals surface area contributed by atoms with Gasteiger partial charge in [0.05, 0.1) is 6.61 Å². The summed E-state index contributed by atoms with van der Waals surface area (Å²) < 4.78 is 5.68. The monoisotopic (exact) mass is 395 g/mol. The molecule has 5 nitrogen and oxygen atoms in total. The van der Waals surface area contributed by atoms with Crippen LogP contribution in [0.3, 0.4) is 0 Å². The minimum absolute atomic E-state index is 0.0629. The predicted octanol–water partition coefficient (Wildman–Crippen LogP) is 5.10. The van der Waals surface area contributed by atoms with Crippen molar-refractivity contribution < 1.29 is 9.53 Å². The second kappa shape index (κ2) is 8.97. The Morgan fingerprint density at radius 3 is 2.43 bits per heavy atom. The van der Waals surface area contributed by atoms with Gasteiger partial charge in [-0.25, -0.2) is 0 Å². The molecule has 0 radical (unpaired) electrons. The average Bonchev–Trinajstić information content (AvgIpc) is 3.13. The van der Waals surface area contributed by atoms with Gasteiger partial charge >= 0.3 is 0 Å². The molecule has 0 spiro atoms. The highest BCUT2D eigenvalue weighted by molar-refractivity contribution is 7.15. The number of aromatic nitrogens is 2. The van der Waals surface area contributed by atoms with Crippen LogP contribution >= 0.6 is 11.3 Å². The number of benzene rings is 2. The highest BCUT2D eigenvalue weighted by Crippen LogP contribution is 2.23. The van der Waals surface area contributed by atoms with Gasteiger partial charge in [0.2, 0.25) is 5.13 Å². The van der Waals surface area contributed by atoms with Crippen LogP contribution in [0, 0.1) is 0 Å². The van der Waals surface area contributed by atoms with Gasteiger partial charge in [-0.2, -0.15) is 0 Å². The van der Waals surface area contributed by atoms with E-state index in [0.29, 0.717) is 17.3 Å². The Balaban J connectivity index is 1.48. The van der Waals surface area contributed by atoms with Gasteiger partial charge in [-0.15, -0.1) is 10.2 Å². The molecule has 0 aliphatic rings. The number of hydrogen-bond acceptors (Lipinski definition) is 5. The minimum atomic E-state index is -0.171. The summed E-state index contributed by atoms with van der Waals surface area (Å²) in [5, 5.41) is 12.5. The van der Waals surface area contributed by atoms with Crippen LogP contribution in [0.25, 0.3) is 0 Å². The highest BCUT2D eigenvalue weighted by atomic mass is 32.1. The summed E-state index contributed by atoms with van der Waals surface area (Å²) in [6.45, 7) is 7.06. The maximum absolute atomic E-state index is 12.4. The SMILES string of the molecule is CC(C)(C)c1ccc(C(=O)Nc2nnc(CCCOc3ccccc3)s2)cc1. The second-order valence-corrected chi connectivity index (χ2v) is 8.61. The standard InChI is InChI=1S/C22H25N3O2S/c1-22(2,3)17-13-11-16(12-14-17)20(26)23-21-25-24-19(28-21)10-7-15-27-18-8-5-4-6-9-18/h4-6,8-9,11-14H,7,10,15H2,1-3H3,(H,23,25,26). The number of para-hydroxylation sites is 1. The fraction of sp³-hybridized carbons (Fsp3) is 0.318. The molecule has 2 aromatic carbocycles. The minimum Gasteiger partial charge on any atom is -0.494 e. The van der Waals surface area contributed by atoms with Crippen molar-refractivity contribution >= 4 is 22.4 Å². The topological polar surface area (TPSA) is 64.1 Å². The molecule has 28 heavy (non-hydrogen) atoms. The van der Waals surface area contributed by atoms with Crippen molar-refractivity contribution in [1.82, 2.24) is 10.2 Å². The molecule has 0 unspecified atom stereocenters. The zero-order valence-corrected chi connectivity index (χ0v) is 17.3. The van der Waals surface area contributed by atoms with E-state index in [1.54, 1.807) is 0 Å². The van der Waals surface area contributed by atoms with Crippen molar-refractivity contribution in [1.29, 1.82) is 0 Å². The lowest BCUT2D eigenvalue weighted by molar-refractivity contribution is 0.102. The van der Waals surface area contributed by atoms with E-state index >= 15 is 0 Å². The van der Waals surface area contributed by atoms with E-state index in [1.807, 2.05) is 54.6 Å². The fourth-order valence-electron chi connectivity index (χ4n) is 2.63. The van der Waals surface area contributed by atoms with Crippen molar-refractivity contribution in [3.63, 3.8) is 0 Å². The Hall–Kier alpha value is -2.73. The van der Waals surface area contributed by atoms with Crippen molar-refractivity contribution in [2.24, 2.45) is 0 Å². The van der Waals surface area contributed by atoms with Crippen LogP contribution in [-0.4, -0.2) is 22.7 Å². The summed E-state index contributed by atoms with van der Waals surface area (Å²) >= 11 is 1.40. The van der Waals surface area contributed by atoms with E-state index in [9.17, 15) is 4.79 Å².